The van der Waals surface area contributed by atoms with Crippen LogP contribution in [0.1, 0.15) is 19.4 Å². The Morgan fingerprint density at radius 1 is 1.07 bits per heavy atom. The van der Waals surface area contributed by atoms with Crippen molar-refractivity contribution in [2.45, 2.75) is 20.0 Å². The van der Waals surface area contributed by atoms with Crippen LogP contribution in [0.15, 0.2) is 60.0 Å². The predicted octanol–water partition coefficient (Wildman–Crippen LogP) is 5.26. The van der Waals surface area contributed by atoms with Crippen LogP contribution in [0, 0.1) is 0 Å². The van der Waals surface area contributed by atoms with E-state index in [1.54, 1.807) is 13.2 Å². The van der Waals surface area contributed by atoms with Crippen LogP contribution in [0.2, 0.25) is 0 Å². The standard InChI is InChI=1S/C22H22N2O3S/c1-15(2)27-19-11-7-17(8-12-19)20-14-28-22(23-20)24-21(25)13-6-16-4-9-18(26-3)10-5-16/h4-15H,1-3H3,(H,23,24,25). The van der Waals surface area contributed by atoms with E-state index in [9.17, 15) is 4.79 Å². The fourth-order valence-corrected chi connectivity index (χ4v) is 3.20. The highest BCUT2D eigenvalue weighted by Gasteiger charge is 2.07. The first-order valence-electron chi connectivity index (χ1n) is 8.89. The van der Waals surface area contributed by atoms with Crippen molar-refractivity contribution in [2.75, 3.05) is 12.4 Å². The molecule has 0 aliphatic rings. The molecule has 0 spiro atoms. The van der Waals surface area contributed by atoms with Crippen LogP contribution < -0.4 is 14.8 Å². The van der Waals surface area contributed by atoms with Crippen LogP contribution >= 0.6 is 11.3 Å². The lowest BCUT2D eigenvalue weighted by Gasteiger charge is -2.09. The molecule has 0 aliphatic carbocycles. The minimum atomic E-state index is -0.225. The molecule has 0 fully saturated rings. The van der Waals surface area contributed by atoms with E-state index in [1.165, 1.54) is 17.4 Å². The highest BCUT2D eigenvalue weighted by atomic mass is 32.1. The maximum atomic E-state index is 12.1. The van der Waals surface area contributed by atoms with Crippen LogP contribution in [0.5, 0.6) is 11.5 Å². The summed E-state index contributed by atoms with van der Waals surface area (Å²) in [6.07, 6.45) is 3.37. The molecule has 3 aromatic rings. The number of hydrogen-bond donors (Lipinski definition) is 1. The minimum absolute atomic E-state index is 0.137. The summed E-state index contributed by atoms with van der Waals surface area (Å²) in [5, 5.41) is 5.27. The van der Waals surface area contributed by atoms with E-state index in [2.05, 4.69) is 10.3 Å². The largest absolute Gasteiger partial charge is 0.497 e. The van der Waals surface area contributed by atoms with E-state index in [-0.39, 0.29) is 12.0 Å². The number of ether oxygens (including phenoxy) is 2. The number of thiazole rings is 1. The van der Waals surface area contributed by atoms with E-state index >= 15 is 0 Å². The molecule has 0 radical (unpaired) electrons. The third-order valence-corrected chi connectivity index (χ3v) is 4.56. The quantitative estimate of drug-likeness (QED) is 0.556. The smallest absolute Gasteiger partial charge is 0.250 e. The number of aromatic nitrogens is 1. The SMILES string of the molecule is COc1ccc(C=CC(=O)Nc2nc(-c3ccc(OC(C)C)cc3)cs2)cc1. The van der Waals surface area contributed by atoms with Gasteiger partial charge in [0.15, 0.2) is 5.13 Å². The monoisotopic (exact) mass is 394 g/mol. The lowest BCUT2D eigenvalue weighted by molar-refractivity contribution is -0.111. The molecule has 5 nitrogen and oxygen atoms in total. The van der Waals surface area contributed by atoms with Gasteiger partial charge >= 0.3 is 0 Å². The van der Waals surface area contributed by atoms with Crippen molar-refractivity contribution in [2.24, 2.45) is 0 Å². The van der Waals surface area contributed by atoms with Gasteiger partial charge in [0.05, 0.1) is 18.9 Å². The van der Waals surface area contributed by atoms with Gasteiger partial charge in [-0.1, -0.05) is 12.1 Å². The molecule has 1 heterocycles. The van der Waals surface area contributed by atoms with Crippen molar-refractivity contribution < 1.29 is 14.3 Å². The van der Waals surface area contributed by atoms with Crippen molar-refractivity contribution in [3.05, 3.63) is 65.6 Å². The number of methoxy groups -OCH3 is 1. The molecule has 0 unspecified atom stereocenters. The Kier molecular flexibility index (Phi) is 6.45. The minimum Gasteiger partial charge on any atom is -0.497 e. The van der Waals surface area contributed by atoms with Crippen LogP contribution in [0.25, 0.3) is 17.3 Å². The third-order valence-electron chi connectivity index (χ3n) is 3.80. The van der Waals surface area contributed by atoms with Gasteiger partial charge in [-0.2, -0.15) is 0 Å². The topological polar surface area (TPSA) is 60.5 Å². The first-order chi connectivity index (χ1) is 13.5. The first kappa shape index (κ1) is 19.6. The fraction of sp³-hybridized carbons (Fsp3) is 0.182. The number of nitrogens with one attached hydrogen (secondary N) is 1. The highest BCUT2D eigenvalue weighted by molar-refractivity contribution is 7.14. The summed E-state index contributed by atoms with van der Waals surface area (Å²) < 4.78 is 10.8. The molecule has 144 valence electrons. The predicted molar refractivity (Wildman–Crippen MR) is 114 cm³/mol. The molecule has 28 heavy (non-hydrogen) atoms. The molecule has 6 heteroatoms. The van der Waals surface area contributed by atoms with Gasteiger partial charge in [-0.15, -0.1) is 11.3 Å². The molecule has 3 rings (SSSR count). The molecule has 0 atom stereocenters. The average Bonchev–Trinajstić information content (AvgIpc) is 3.15. The summed E-state index contributed by atoms with van der Waals surface area (Å²) in [5.74, 6) is 1.38. The van der Waals surface area contributed by atoms with Crippen molar-refractivity contribution in [3.63, 3.8) is 0 Å². The summed E-state index contributed by atoms with van der Waals surface area (Å²) in [4.78, 5) is 16.6. The number of hydrogen-bond acceptors (Lipinski definition) is 5. The molecular weight excluding hydrogens is 372 g/mol. The van der Waals surface area contributed by atoms with E-state index < -0.39 is 0 Å². The highest BCUT2D eigenvalue weighted by Crippen LogP contribution is 2.26. The third kappa shape index (κ3) is 5.44. The molecular formula is C22H22N2O3S. The zero-order chi connectivity index (χ0) is 19.9. The average molecular weight is 394 g/mol. The summed E-state index contributed by atoms with van der Waals surface area (Å²) >= 11 is 1.39. The Hall–Kier alpha value is -3.12. The molecule has 1 amide bonds. The summed E-state index contributed by atoms with van der Waals surface area (Å²) in [6.45, 7) is 3.98. The molecule has 1 N–H and O–H groups in total. The number of benzene rings is 2. The number of anilines is 1. The van der Waals surface area contributed by atoms with Crippen LogP contribution in [0.4, 0.5) is 5.13 Å². The number of amides is 1. The van der Waals surface area contributed by atoms with E-state index in [1.807, 2.05) is 67.8 Å². The summed E-state index contributed by atoms with van der Waals surface area (Å²) in [7, 11) is 1.62. The lowest BCUT2D eigenvalue weighted by atomic mass is 10.2. The van der Waals surface area contributed by atoms with Crippen molar-refractivity contribution in [1.29, 1.82) is 0 Å². The van der Waals surface area contributed by atoms with Gasteiger partial charge in [0.25, 0.3) is 0 Å². The lowest BCUT2D eigenvalue weighted by Crippen LogP contribution is -2.07. The molecule has 1 aromatic heterocycles. The second-order valence-electron chi connectivity index (χ2n) is 6.32. The maximum Gasteiger partial charge on any atom is 0.250 e. The van der Waals surface area contributed by atoms with Gasteiger partial charge in [-0.25, -0.2) is 4.98 Å². The van der Waals surface area contributed by atoms with Crippen molar-refractivity contribution in [1.82, 2.24) is 4.98 Å². The van der Waals surface area contributed by atoms with E-state index in [0.717, 1.165) is 28.3 Å². The normalized spacial score (nSPS) is 11.0. The van der Waals surface area contributed by atoms with Gasteiger partial charge in [0.1, 0.15) is 11.5 Å². The van der Waals surface area contributed by atoms with Gasteiger partial charge in [-0.3, -0.25) is 10.1 Å². The number of rotatable bonds is 7. The van der Waals surface area contributed by atoms with Gasteiger partial charge < -0.3 is 9.47 Å². The number of carbonyl (C=O) groups excluding carboxylic acids is 1. The Morgan fingerprint density at radius 3 is 2.39 bits per heavy atom. The van der Waals surface area contributed by atoms with Crippen molar-refractivity contribution in [3.8, 4) is 22.8 Å². The Morgan fingerprint density at radius 2 is 1.75 bits per heavy atom. The Balaban J connectivity index is 1.60. The zero-order valence-corrected chi connectivity index (χ0v) is 16.8. The van der Waals surface area contributed by atoms with Gasteiger partial charge in [0, 0.05) is 17.0 Å². The summed E-state index contributed by atoms with van der Waals surface area (Å²) in [5.41, 5.74) is 2.71. The second-order valence-corrected chi connectivity index (χ2v) is 7.18. The van der Waals surface area contributed by atoms with E-state index in [4.69, 9.17) is 9.47 Å². The number of nitrogens with zero attached hydrogens (tertiary/aromatic N) is 1. The number of carbonyl (C=O) groups is 1. The van der Waals surface area contributed by atoms with Crippen LogP contribution in [-0.4, -0.2) is 24.1 Å². The zero-order valence-electron chi connectivity index (χ0n) is 16.0. The maximum absolute atomic E-state index is 12.1. The Labute approximate surface area is 168 Å². The molecule has 2 aromatic carbocycles. The molecule has 0 saturated carbocycles. The molecule has 0 bridgehead atoms. The molecule has 0 aliphatic heterocycles. The molecule has 0 saturated heterocycles. The van der Waals surface area contributed by atoms with Crippen molar-refractivity contribution >= 4 is 28.5 Å². The Bertz CT molecular complexity index is 945. The van der Waals surface area contributed by atoms with E-state index in [0.29, 0.717) is 5.13 Å². The van der Waals surface area contributed by atoms with Gasteiger partial charge in [-0.05, 0) is 61.9 Å². The van der Waals surface area contributed by atoms with Crippen LogP contribution in [-0.2, 0) is 4.79 Å². The van der Waals surface area contributed by atoms with Crippen LogP contribution in [0.3, 0.4) is 0 Å². The second kappa shape index (κ2) is 9.19. The summed E-state index contributed by atoms with van der Waals surface area (Å²) in [6, 6.07) is 15.2. The fourth-order valence-electron chi connectivity index (χ4n) is 2.47. The van der Waals surface area contributed by atoms with Gasteiger partial charge in [0.2, 0.25) is 5.91 Å². The first-order valence-corrected chi connectivity index (χ1v) is 9.77.